The Labute approximate surface area is 85.8 Å². The van der Waals surface area contributed by atoms with Gasteiger partial charge in [-0.1, -0.05) is 6.92 Å². The van der Waals surface area contributed by atoms with Gasteiger partial charge >= 0.3 is 0 Å². The van der Waals surface area contributed by atoms with E-state index in [4.69, 9.17) is 0 Å². The summed E-state index contributed by atoms with van der Waals surface area (Å²) in [7, 11) is 0. The van der Waals surface area contributed by atoms with E-state index in [1.165, 1.54) is 5.69 Å². The van der Waals surface area contributed by atoms with Gasteiger partial charge in [0.05, 0.1) is 11.8 Å². The van der Waals surface area contributed by atoms with E-state index >= 15 is 0 Å². The third kappa shape index (κ3) is 3.14. The lowest BCUT2D eigenvalue weighted by Crippen LogP contribution is -2.08. The fraction of sp³-hybridized carbons (Fsp3) is 0.727. The summed E-state index contributed by atoms with van der Waals surface area (Å²) in [4.78, 5) is 0. The van der Waals surface area contributed by atoms with E-state index in [-0.39, 0.29) is 6.10 Å². The van der Waals surface area contributed by atoms with Crippen molar-refractivity contribution in [3.8, 4) is 0 Å². The van der Waals surface area contributed by atoms with E-state index in [1.54, 1.807) is 0 Å². The molecule has 0 aromatic carbocycles. The first-order chi connectivity index (χ1) is 6.63. The van der Waals surface area contributed by atoms with E-state index in [0.717, 1.165) is 31.5 Å². The molecule has 1 aromatic heterocycles. The molecule has 14 heavy (non-hydrogen) atoms. The second-order valence-corrected chi connectivity index (χ2v) is 3.85. The molecule has 0 aliphatic rings. The van der Waals surface area contributed by atoms with Crippen LogP contribution in [0.4, 0.5) is 0 Å². The Morgan fingerprint density at radius 3 is 2.71 bits per heavy atom. The Hall–Kier alpha value is -0.830. The molecular formula is C11H20N2O. The van der Waals surface area contributed by atoms with Gasteiger partial charge in [-0.05, 0) is 39.2 Å². The maximum absolute atomic E-state index is 9.38. The van der Waals surface area contributed by atoms with Gasteiger partial charge in [-0.15, -0.1) is 0 Å². The van der Waals surface area contributed by atoms with Crippen LogP contribution in [0.15, 0.2) is 6.07 Å². The van der Waals surface area contributed by atoms with Crippen molar-refractivity contribution in [1.29, 1.82) is 0 Å². The van der Waals surface area contributed by atoms with Crippen molar-refractivity contribution in [2.45, 2.75) is 52.7 Å². The highest BCUT2D eigenvalue weighted by molar-refractivity contribution is 5.06. The predicted octanol–water partition coefficient (Wildman–Crippen LogP) is 2.05. The molecule has 80 valence electrons. The maximum atomic E-state index is 9.38. The minimum Gasteiger partial charge on any atom is -0.393 e. The molecule has 0 amide bonds. The zero-order chi connectivity index (χ0) is 10.6. The van der Waals surface area contributed by atoms with Gasteiger partial charge in [0.1, 0.15) is 0 Å². The topological polar surface area (TPSA) is 38.0 Å². The molecule has 1 heterocycles. The molecular weight excluding hydrogens is 176 g/mol. The molecule has 0 fully saturated rings. The molecule has 0 saturated carbocycles. The SMILES string of the molecule is CCC(O)CCCn1nc(C)cc1C. The number of aliphatic hydroxyl groups is 1. The van der Waals surface area contributed by atoms with Crippen molar-refractivity contribution in [3.63, 3.8) is 0 Å². The lowest BCUT2D eigenvalue weighted by Gasteiger charge is -2.08. The molecule has 1 aromatic rings. The number of rotatable bonds is 5. The third-order valence-corrected chi connectivity index (χ3v) is 2.48. The Bertz CT molecular complexity index is 281. The van der Waals surface area contributed by atoms with Crippen LogP contribution >= 0.6 is 0 Å². The van der Waals surface area contributed by atoms with Gasteiger partial charge in [-0.3, -0.25) is 4.68 Å². The van der Waals surface area contributed by atoms with Crippen molar-refractivity contribution < 1.29 is 5.11 Å². The van der Waals surface area contributed by atoms with Crippen LogP contribution in [-0.2, 0) is 6.54 Å². The fourth-order valence-electron chi connectivity index (χ4n) is 1.58. The first-order valence-electron chi connectivity index (χ1n) is 5.32. The Balaban J connectivity index is 2.34. The molecule has 0 bridgehead atoms. The quantitative estimate of drug-likeness (QED) is 0.782. The summed E-state index contributed by atoms with van der Waals surface area (Å²) < 4.78 is 2.01. The number of hydrogen-bond acceptors (Lipinski definition) is 2. The van der Waals surface area contributed by atoms with Gasteiger partial charge in [0, 0.05) is 12.2 Å². The molecule has 1 atom stereocenters. The summed E-state index contributed by atoms with van der Waals surface area (Å²) >= 11 is 0. The average molecular weight is 196 g/mol. The van der Waals surface area contributed by atoms with E-state index in [0.29, 0.717) is 0 Å². The van der Waals surface area contributed by atoms with Gasteiger partial charge in [0.2, 0.25) is 0 Å². The van der Waals surface area contributed by atoms with Gasteiger partial charge in [0.15, 0.2) is 0 Å². The summed E-state index contributed by atoms with van der Waals surface area (Å²) in [5, 5.41) is 13.7. The number of aliphatic hydroxyl groups excluding tert-OH is 1. The summed E-state index contributed by atoms with van der Waals surface area (Å²) in [6.07, 6.45) is 2.56. The number of aryl methyl sites for hydroxylation is 3. The molecule has 1 unspecified atom stereocenters. The van der Waals surface area contributed by atoms with E-state index in [2.05, 4.69) is 18.1 Å². The molecule has 1 N–H and O–H groups in total. The van der Waals surface area contributed by atoms with Gasteiger partial charge in [0.25, 0.3) is 0 Å². The van der Waals surface area contributed by atoms with Gasteiger partial charge < -0.3 is 5.11 Å². The van der Waals surface area contributed by atoms with Crippen molar-refractivity contribution in [3.05, 3.63) is 17.5 Å². The highest BCUT2D eigenvalue weighted by atomic mass is 16.3. The fourth-order valence-corrected chi connectivity index (χ4v) is 1.58. The summed E-state index contributed by atoms with van der Waals surface area (Å²) in [6, 6.07) is 2.08. The highest BCUT2D eigenvalue weighted by Crippen LogP contribution is 2.06. The second kappa shape index (κ2) is 5.15. The third-order valence-electron chi connectivity index (χ3n) is 2.48. The zero-order valence-corrected chi connectivity index (χ0v) is 9.32. The lowest BCUT2D eigenvalue weighted by molar-refractivity contribution is 0.155. The molecule has 3 nitrogen and oxygen atoms in total. The Kier molecular flexibility index (Phi) is 4.14. The minimum absolute atomic E-state index is 0.146. The van der Waals surface area contributed by atoms with Crippen LogP contribution in [0.5, 0.6) is 0 Å². The van der Waals surface area contributed by atoms with Gasteiger partial charge in [-0.25, -0.2) is 0 Å². The molecule has 3 heteroatoms. The molecule has 0 saturated heterocycles. The Morgan fingerprint density at radius 1 is 1.50 bits per heavy atom. The van der Waals surface area contributed by atoms with Gasteiger partial charge in [-0.2, -0.15) is 5.10 Å². The monoisotopic (exact) mass is 196 g/mol. The minimum atomic E-state index is -0.146. The van der Waals surface area contributed by atoms with Crippen LogP contribution < -0.4 is 0 Å². The highest BCUT2D eigenvalue weighted by Gasteiger charge is 2.03. The van der Waals surface area contributed by atoms with E-state index < -0.39 is 0 Å². The van der Waals surface area contributed by atoms with Crippen LogP contribution in [0, 0.1) is 13.8 Å². The lowest BCUT2D eigenvalue weighted by atomic mass is 10.1. The normalized spacial score (nSPS) is 13.1. The van der Waals surface area contributed by atoms with Crippen LogP contribution in [0.2, 0.25) is 0 Å². The molecule has 0 spiro atoms. The van der Waals surface area contributed by atoms with Crippen LogP contribution in [0.25, 0.3) is 0 Å². The maximum Gasteiger partial charge on any atom is 0.0596 e. The molecule has 0 aliphatic carbocycles. The second-order valence-electron chi connectivity index (χ2n) is 3.85. The largest absolute Gasteiger partial charge is 0.393 e. The van der Waals surface area contributed by atoms with Crippen molar-refractivity contribution in [2.75, 3.05) is 0 Å². The van der Waals surface area contributed by atoms with E-state index in [9.17, 15) is 5.11 Å². The van der Waals surface area contributed by atoms with Crippen LogP contribution in [-0.4, -0.2) is 21.0 Å². The summed E-state index contributed by atoms with van der Waals surface area (Å²) in [5.74, 6) is 0. The number of nitrogens with zero attached hydrogens (tertiary/aromatic N) is 2. The van der Waals surface area contributed by atoms with Crippen molar-refractivity contribution >= 4 is 0 Å². The van der Waals surface area contributed by atoms with Crippen molar-refractivity contribution in [1.82, 2.24) is 9.78 Å². The standard InChI is InChI=1S/C11H20N2O/c1-4-11(14)6-5-7-13-10(3)8-9(2)12-13/h8,11,14H,4-7H2,1-3H3. The molecule has 0 aliphatic heterocycles. The smallest absolute Gasteiger partial charge is 0.0596 e. The first-order valence-corrected chi connectivity index (χ1v) is 5.32. The average Bonchev–Trinajstić information content (AvgIpc) is 2.45. The Morgan fingerprint density at radius 2 is 2.21 bits per heavy atom. The number of hydrogen-bond donors (Lipinski definition) is 1. The van der Waals surface area contributed by atoms with Crippen molar-refractivity contribution in [2.24, 2.45) is 0 Å². The summed E-state index contributed by atoms with van der Waals surface area (Å²) in [5.41, 5.74) is 2.27. The summed E-state index contributed by atoms with van der Waals surface area (Å²) in [6.45, 7) is 6.99. The van der Waals surface area contributed by atoms with E-state index in [1.807, 2.05) is 18.5 Å². The first kappa shape index (κ1) is 11.2. The molecule has 0 radical (unpaired) electrons. The zero-order valence-electron chi connectivity index (χ0n) is 9.32. The van der Waals surface area contributed by atoms with Crippen LogP contribution in [0.3, 0.4) is 0 Å². The predicted molar refractivity (Wildman–Crippen MR) is 57.2 cm³/mol. The van der Waals surface area contributed by atoms with Crippen LogP contribution in [0.1, 0.15) is 37.6 Å². The number of aromatic nitrogens is 2. The molecule has 1 rings (SSSR count).